The van der Waals surface area contributed by atoms with E-state index >= 15 is 0 Å². The van der Waals surface area contributed by atoms with Crippen molar-refractivity contribution in [3.05, 3.63) is 24.3 Å². The Labute approximate surface area is 102 Å². The van der Waals surface area contributed by atoms with Crippen molar-refractivity contribution in [1.29, 1.82) is 0 Å². The summed E-state index contributed by atoms with van der Waals surface area (Å²) in [5.74, 6) is -0.752. The van der Waals surface area contributed by atoms with Gasteiger partial charge in [-0.2, -0.15) is 0 Å². The maximum Gasteiger partial charge on any atom is 0.303 e. The summed E-state index contributed by atoms with van der Waals surface area (Å²) in [5, 5.41) is 8.44. The number of rotatable bonds is 10. The quantitative estimate of drug-likeness (QED) is 0.445. The first-order valence-electron chi connectivity index (χ1n) is 7.11. The maximum atomic E-state index is 10.3. The van der Waals surface area contributed by atoms with Crippen molar-refractivity contribution in [3.8, 4) is 0 Å². The van der Waals surface area contributed by atoms with E-state index in [0.717, 1.165) is 25.7 Å². The highest BCUT2D eigenvalue weighted by Crippen LogP contribution is 2.01. The van der Waals surface area contributed by atoms with Crippen molar-refractivity contribution in [2.75, 3.05) is 0 Å². The largest absolute Gasteiger partial charge is 0.481 e. The van der Waals surface area contributed by atoms with Gasteiger partial charge < -0.3 is 5.11 Å². The molecule has 0 aromatic carbocycles. The highest BCUT2D eigenvalue weighted by atomic mass is 16.4. The van der Waals surface area contributed by atoms with Gasteiger partial charge in [-0.1, -0.05) is 44.1 Å². The van der Waals surface area contributed by atoms with Crippen LogP contribution in [0.2, 0.25) is 0 Å². The van der Waals surface area contributed by atoms with Gasteiger partial charge in [-0.05, 0) is 32.1 Å². The van der Waals surface area contributed by atoms with Crippen molar-refractivity contribution in [3.63, 3.8) is 0 Å². The monoisotopic (exact) mass is 226 g/mol. The Morgan fingerprint density at radius 3 is 2.69 bits per heavy atom. The molecular formula is C14H24O2. The number of hydrogen-bond acceptors (Lipinski definition) is 1. The van der Waals surface area contributed by atoms with Crippen LogP contribution in [0.1, 0.15) is 61.0 Å². The van der Waals surface area contributed by atoms with E-state index in [9.17, 15) is 4.79 Å². The van der Waals surface area contributed by atoms with Gasteiger partial charge in [0.25, 0.3) is 0 Å². The zero-order chi connectivity index (χ0) is 13.8. The Morgan fingerprint density at radius 1 is 1.25 bits per heavy atom. The molecule has 0 fully saturated rings. The molecule has 0 aromatic rings. The molecule has 0 bridgehead atoms. The molecule has 0 radical (unpaired) electrons. The fourth-order valence-corrected chi connectivity index (χ4v) is 1.16. The molecule has 2 unspecified atom stereocenters. The zero-order valence-electron chi connectivity index (χ0n) is 12.1. The number of carboxylic acid groups (broad SMARTS) is 1. The van der Waals surface area contributed by atoms with Crippen molar-refractivity contribution in [2.24, 2.45) is 0 Å². The molecular weight excluding hydrogens is 200 g/mol. The minimum atomic E-state index is -0.752. The molecule has 16 heavy (non-hydrogen) atoms. The molecule has 0 heterocycles. The molecule has 0 saturated carbocycles. The van der Waals surface area contributed by atoms with Crippen LogP contribution in [-0.4, -0.2) is 11.1 Å². The second-order valence-corrected chi connectivity index (χ2v) is 3.64. The van der Waals surface area contributed by atoms with Crippen LogP contribution >= 0.6 is 0 Å². The van der Waals surface area contributed by atoms with Crippen molar-refractivity contribution in [1.82, 2.24) is 0 Å². The molecule has 0 aliphatic heterocycles. The number of allylic oxidation sites excluding steroid dienone is 4. The first-order chi connectivity index (χ1) is 8.57. The first-order valence-corrected chi connectivity index (χ1v) is 5.95. The predicted octanol–water partition coefficient (Wildman–Crippen LogP) is 4.32. The van der Waals surface area contributed by atoms with Crippen LogP contribution < -0.4 is 0 Å². The third-order valence-corrected chi connectivity index (χ3v) is 2.04. The van der Waals surface area contributed by atoms with Crippen LogP contribution in [0.15, 0.2) is 24.3 Å². The van der Waals surface area contributed by atoms with Gasteiger partial charge in [-0.15, -0.1) is 0 Å². The van der Waals surface area contributed by atoms with Crippen LogP contribution in [-0.2, 0) is 4.79 Å². The Morgan fingerprint density at radius 2 is 2.00 bits per heavy atom. The standard InChI is InChI=1S/C14H24O2/c1-2-3-4-5-6-7-8-9-10-11-12-13-14(15)16/h6-7,9-10H,2-5,8,11-13H2,1H3,(H,15,16)/b7-6-,10-9-/i4D,5D. The fourth-order valence-electron chi connectivity index (χ4n) is 1.16. The van der Waals surface area contributed by atoms with Gasteiger partial charge in [-0.25, -0.2) is 0 Å². The van der Waals surface area contributed by atoms with E-state index in [2.05, 4.69) is 0 Å². The molecule has 0 aromatic heterocycles. The molecule has 0 aliphatic rings. The summed E-state index contributed by atoms with van der Waals surface area (Å²) in [5.41, 5.74) is 0. The summed E-state index contributed by atoms with van der Waals surface area (Å²) >= 11 is 0. The number of hydrogen-bond donors (Lipinski definition) is 1. The van der Waals surface area contributed by atoms with E-state index in [1.54, 1.807) is 6.08 Å². The molecule has 2 heteroatoms. The lowest BCUT2D eigenvalue weighted by molar-refractivity contribution is -0.137. The van der Waals surface area contributed by atoms with Crippen LogP contribution in [0.4, 0.5) is 0 Å². The summed E-state index contributed by atoms with van der Waals surface area (Å²) in [4.78, 5) is 10.3. The highest BCUT2D eigenvalue weighted by Gasteiger charge is 1.92. The second kappa shape index (κ2) is 12.0. The van der Waals surface area contributed by atoms with Crippen molar-refractivity contribution in [2.45, 2.75) is 58.2 Å². The van der Waals surface area contributed by atoms with Gasteiger partial charge in [0.05, 0.1) is 0 Å². The lowest BCUT2D eigenvalue weighted by Crippen LogP contribution is -1.92. The van der Waals surface area contributed by atoms with Gasteiger partial charge in [0.15, 0.2) is 0 Å². The average Bonchev–Trinajstić information content (AvgIpc) is 2.32. The number of carbonyl (C=O) groups is 1. The molecule has 2 atom stereocenters. The van der Waals surface area contributed by atoms with Crippen molar-refractivity contribution < 1.29 is 12.6 Å². The minimum absolute atomic E-state index is 0.215. The van der Waals surface area contributed by atoms with E-state index in [1.807, 2.05) is 25.2 Å². The maximum absolute atomic E-state index is 10.3. The predicted molar refractivity (Wildman–Crippen MR) is 68.5 cm³/mol. The van der Waals surface area contributed by atoms with Crippen LogP contribution in [0.3, 0.4) is 0 Å². The Hall–Kier alpha value is -1.05. The molecule has 0 amide bonds. The SMILES string of the molecule is [2H]C(/C=C\C/C=C\CCCC(=O)O)C([2H])CCC. The zero-order valence-corrected chi connectivity index (χ0v) is 10.1. The summed E-state index contributed by atoms with van der Waals surface area (Å²) in [6, 6.07) is 0. The smallest absolute Gasteiger partial charge is 0.303 e. The molecule has 0 saturated heterocycles. The lowest BCUT2D eigenvalue weighted by Gasteiger charge is -1.91. The number of aliphatic carboxylic acids is 1. The third kappa shape index (κ3) is 12.9. The van der Waals surface area contributed by atoms with Crippen LogP contribution in [0.5, 0.6) is 0 Å². The summed E-state index contributed by atoms with van der Waals surface area (Å²) < 4.78 is 15.4. The van der Waals surface area contributed by atoms with E-state index in [4.69, 9.17) is 7.85 Å². The Kier molecular flexibility index (Phi) is 8.59. The highest BCUT2D eigenvalue weighted by molar-refractivity contribution is 5.66. The van der Waals surface area contributed by atoms with E-state index < -0.39 is 12.4 Å². The van der Waals surface area contributed by atoms with Gasteiger partial charge >= 0.3 is 5.97 Å². The number of carboxylic acids is 1. The fraction of sp³-hybridized carbons (Fsp3) is 0.643. The van der Waals surface area contributed by atoms with Gasteiger partial charge in [0.1, 0.15) is 0 Å². The molecule has 2 nitrogen and oxygen atoms in total. The van der Waals surface area contributed by atoms with Crippen LogP contribution in [0, 0.1) is 0 Å². The second-order valence-electron chi connectivity index (χ2n) is 3.64. The van der Waals surface area contributed by atoms with Gasteiger partial charge in [0.2, 0.25) is 0 Å². The molecule has 0 rings (SSSR count). The molecule has 0 spiro atoms. The lowest BCUT2D eigenvalue weighted by atomic mass is 10.2. The van der Waals surface area contributed by atoms with Crippen molar-refractivity contribution >= 4 is 5.97 Å². The topological polar surface area (TPSA) is 37.3 Å². The number of unbranched alkanes of at least 4 members (excludes halogenated alkanes) is 1. The first kappa shape index (κ1) is 11.4. The normalized spacial score (nSPS) is 17.3. The minimum Gasteiger partial charge on any atom is -0.481 e. The van der Waals surface area contributed by atoms with E-state index in [-0.39, 0.29) is 12.8 Å². The summed E-state index contributed by atoms with van der Waals surface area (Å²) in [6.45, 7) is 2.03. The van der Waals surface area contributed by atoms with Crippen LogP contribution in [0.25, 0.3) is 0 Å². The molecule has 92 valence electrons. The van der Waals surface area contributed by atoms with Gasteiger partial charge in [0, 0.05) is 9.16 Å². The van der Waals surface area contributed by atoms with Gasteiger partial charge in [-0.3, -0.25) is 4.79 Å². The molecule has 1 N–H and O–H groups in total. The average molecular weight is 226 g/mol. The summed E-state index contributed by atoms with van der Waals surface area (Å²) in [6.07, 6.45) is 11.0. The third-order valence-electron chi connectivity index (χ3n) is 2.04. The Balaban J connectivity index is 3.63. The molecule has 0 aliphatic carbocycles. The Bertz CT molecular complexity index is 275. The summed E-state index contributed by atoms with van der Waals surface area (Å²) in [7, 11) is 0. The van der Waals surface area contributed by atoms with E-state index in [1.165, 1.54) is 0 Å². The van der Waals surface area contributed by atoms with E-state index in [0.29, 0.717) is 6.42 Å².